The van der Waals surface area contributed by atoms with Gasteiger partial charge in [0.25, 0.3) is 0 Å². The zero-order valence-electron chi connectivity index (χ0n) is 6.96. The Labute approximate surface area is 72.3 Å². The van der Waals surface area contributed by atoms with Gasteiger partial charge in [-0.1, -0.05) is 24.8 Å². The number of hydrogen-bond acceptors (Lipinski definition) is 2. The average molecular weight is 163 g/mol. The lowest BCUT2D eigenvalue weighted by Gasteiger charge is -2.03. The van der Waals surface area contributed by atoms with E-state index in [0.29, 0.717) is 6.42 Å². The maximum atomic E-state index is 8.87. The molecule has 0 aliphatic heterocycles. The topological polar surface area (TPSA) is 46.2 Å². The van der Waals surface area contributed by atoms with Crippen LogP contribution in [0.3, 0.4) is 0 Å². The molecule has 0 heterocycles. The van der Waals surface area contributed by atoms with Gasteiger partial charge >= 0.3 is 0 Å². The van der Waals surface area contributed by atoms with Gasteiger partial charge in [-0.3, -0.25) is 0 Å². The minimum Gasteiger partial charge on any atom is -0.513 e. The van der Waals surface area contributed by atoms with Gasteiger partial charge in [-0.15, -0.1) is 0 Å². The molecule has 1 rings (SSSR count). The number of allylic oxidation sites excluding steroid dienone is 1. The van der Waals surface area contributed by atoms with Crippen LogP contribution in [0.4, 0.5) is 5.69 Å². The molecule has 0 spiro atoms. The van der Waals surface area contributed by atoms with E-state index in [1.165, 1.54) is 0 Å². The molecule has 64 valence electrons. The highest BCUT2D eigenvalue weighted by Crippen LogP contribution is 2.13. The van der Waals surface area contributed by atoms with Gasteiger partial charge in [-0.25, -0.2) is 0 Å². The summed E-state index contributed by atoms with van der Waals surface area (Å²) in [5.74, 6) is 0.207. The molecule has 0 saturated heterocycles. The second kappa shape index (κ2) is 3.81. The number of rotatable bonds is 3. The van der Waals surface area contributed by atoms with Crippen molar-refractivity contribution in [2.24, 2.45) is 0 Å². The number of para-hydroxylation sites is 1. The van der Waals surface area contributed by atoms with Crippen LogP contribution in [-0.4, -0.2) is 5.11 Å². The second-order valence-corrected chi connectivity index (χ2v) is 2.77. The molecular weight excluding hydrogens is 150 g/mol. The number of hydrogen-bond donors (Lipinski definition) is 2. The van der Waals surface area contributed by atoms with Crippen LogP contribution in [-0.2, 0) is 6.42 Å². The van der Waals surface area contributed by atoms with Crippen molar-refractivity contribution in [1.29, 1.82) is 0 Å². The zero-order chi connectivity index (χ0) is 8.97. The highest BCUT2D eigenvalue weighted by atomic mass is 16.3. The zero-order valence-corrected chi connectivity index (χ0v) is 6.96. The third kappa shape index (κ3) is 2.31. The van der Waals surface area contributed by atoms with E-state index in [0.717, 1.165) is 17.7 Å². The molecule has 12 heavy (non-hydrogen) atoms. The number of benzene rings is 1. The van der Waals surface area contributed by atoms with Crippen molar-refractivity contribution in [1.82, 2.24) is 0 Å². The number of nitrogens with two attached hydrogens (primary N) is 1. The van der Waals surface area contributed by atoms with Crippen LogP contribution in [0, 0.1) is 0 Å². The molecule has 0 bridgehead atoms. The average Bonchev–Trinajstić information content (AvgIpc) is 2.03. The first-order valence-corrected chi connectivity index (χ1v) is 3.90. The molecule has 0 amide bonds. The minimum atomic E-state index is 0.207. The van der Waals surface area contributed by atoms with E-state index in [4.69, 9.17) is 10.8 Å². The fraction of sp³-hybridized carbons (Fsp3) is 0.200. The Hall–Kier alpha value is -1.44. The molecule has 2 nitrogen and oxygen atoms in total. The molecule has 0 saturated carbocycles. The Morgan fingerprint density at radius 1 is 1.42 bits per heavy atom. The van der Waals surface area contributed by atoms with Crippen molar-refractivity contribution in [2.45, 2.75) is 12.8 Å². The van der Waals surface area contributed by atoms with Crippen LogP contribution >= 0.6 is 0 Å². The first-order chi connectivity index (χ1) is 5.70. The van der Waals surface area contributed by atoms with Crippen molar-refractivity contribution in [2.75, 3.05) is 5.73 Å². The van der Waals surface area contributed by atoms with Crippen LogP contribution in [0.25, 0.3) is 0 Å². The first-order valence-electron chi connectivity index (χ1n) is 3.90. The molecule has 0 radical (unpaired) electrons. The van der Waals surface area contributed by atoms with E-state index >= 15 is 0 Å². The fourth-order valence-electron chi connectivity index (χ4n) is 1.04. The molecule has 0 atom stereocenters. The fourth-order valence-corrected chi connectivity index (χ4v) is 1.04. The molecular formula is C10H13NO. The molecule has 0 unspecified atom stereocenters. The van der Waals surface area contributed by atoms with Gasteiger partial charge in [0, 0.05) is 12.1 Å². The molecule has 1 aromatic carbocycles. The Morgan fingerprint density at radius 2 is 2.08 bits per heavy atom. The third-order valence-electron chi connectivity index (χ3n) is 1.74. The van der Waals surface area contributed by atoms with Gasteiger partial charge < -0.3 is 10.8 Å². The van der Waals surface area contributed by atoms with E-state index < -0.39 is 0 Å². The summed E-state index contributed by atoms with van der Waals surface area (Å²) in [7, 11) is 0. The van der Waals surface area contributed by atoms with Gasteiger partial charge in [-0.05, 0) is 18.1 Å². The normalized spacial score (nSPS) is 9.67. The van der Waals surface area contributed by atoms with Crippen LogP contribution < -0.4 is 5.73 Å². The molecule has 2 heteroatoms. The minimum absolute atomic E-state index is 0.207. The van der Waals surface area contributed by atoms with E-state index in [1.54, 1.807) is 0 Å². The van der Waals surface area contributed by atoms with E-state index in [1.807, 2.05) is 24.3 Å². The molecule has 0 aliphatic rings. The Kier molecular flexibility index (Phi) is 2.75. The van der Waals surface area contributed by atoms with Crippen molar-refractivity contribution in [3.05, 3.63) is 42.2 Å². The highest BCUT2D eigenvalue weighted by molar-refractivity contribution is 5.46. The second-order valence-electron chi connectivity index (χ2n) is 2.77. The predicted octanol–water partition coefficient (Wildman–Crippen LogP) is 2.27. The standard InChI is InChI=1S/C10H13NO/c1-8(12)6-7-9-4-2-3-5-10(9)11/h2-5,12H,1,6-7,11H2. The number of aliphatic hydroxyl groups is 1. The van der Waals surface area contributed by atoms with E-state index in [-0.39, 0.29) is 5.76 Å². The summed E-state index contributed by atoms with van der Waals surface area (Å²) >= 11 is 0. The van der Waals surface area contributed by atoms with Crippen LogP contribution in [0.1, 0.15) is 12.0 Å². The largest absolute Gasteiger partial charge is 0.513 e. The summed E-state index contributed by atoms with van der Waals surface area (Å²) in [6.07, 6.45) is 1.33. The Bertz CT molecular complexity index is 281. The number of aliphatic hydroxyl groups excluding tert-OH is 1. The summed E-state index contributed by atoms with van der Waals surface area (Å²) in [5.41, 5.74) is 7.53. The first kappa shape index (κ1) is 8.65. The predicted molar refractivity (Wildman–Crippen MR) is 50.9 cm³/mol. The van der Waals surface area contributed by atoms with Gasteiger partial charge in [0.1, 0.15) is 0 Å². The Morgan fingerprint density at radius 3 is 2.67 bits per heavy atom. The summed E-state index contributed by atoms with van der Waals surface area (Å²) in [6.45, 7) is 3.41. The number of aryl methyl sites for hydroxylation is 1. The highest BCUT2D eigenvalue weighted by Gasteiger charge is 1.97. The van der Waals surface area contributed by atoms with Crippen molar-refractivity contribution in [3.8, 4) is 0 Å². The lowest BCUT2D eigenvalue weighted by Crippen LogP contribution is -1.94. The summed E-state index contributed by atoms with van der Waals surface area (Å²) < 4.78 is 0. The van der Waals surface area contributed by atoms with Crippen molar-refractivity contribution in [3.63, 3.8) is 0 Å². The maximum absolute atomic E-state index is 8.87. The summed E-state index contributed by atoms with van der Waals surface area (Å²) in [6, 6.07) is 7.65. The lowest BCUT2D eigenvalue weighted by atomic mass is 10.1. The quantitative estimate of drug-likeness (QED) is 0.530. The van der Waals surface area contributed by atoms with Gasteiger partial charge in [-0.2, -0.15) is 0 Å². The lowest BCUT2D eigenvalue weighted by molar-refractivity contribution is 0.391. The van der Waals surface area contributed by atoms with Crippen LogP contribution in [0.2, 0.25) is 0 Å². The molecule has 1 aromatic rings. The van der Waals surface area contributed by atoms with E-state index in [9.17, 15) is 0 Å². The smallest absolute Gasteiger partial charge is 0.0854 e. The summed E-state index contributed by atoms with van der Waals surface area (Å²) in [4.78, 5) is 0. The summed E-state index contributed by atoms with van der Waals surface area (Å²) in [5, 5.41) is 8.87. The van der Waals surface area contributed by atoms with Gasteiger partial charge in [0.05, 0.1) is 5.76 Å². The SMILES string of the molecule is C=C(O)CCc1ccccc1N. The van der Waals surface area contributed by atoms with Crippen LogP contribution in [0.15, 0.2) is 36.6 Å². The number of nitrogen functional groups attached to an aromatic ring is 1. The third-order valence-corrected chi connectivity index (χ3v) is 1.74. The van der Waals surface area contributed by atoms with E-state index in [2.05, 4.69) is 6.58 Å². The molecule has 3 N–H and O–H groups in total. The maximum Gasteiger partial charge on any atom is 0.0854 e. The molecule has 0 aromatic heterocycles. The monoisotopic (exact) mass is 163 g/mol. The van der Waals surface area contributed by atoms with Gasteiger partial charge in [0.2, 0.25) is 0 Å². The van der Waals surface area contributed by atoms with Crippen molar-refractivity contribution < 1.29 is 5.11 Å². The van der Waals surface area contributed by atoms with Gasteiger partial charge in [0.15, 0.2) is 0 Å². The van der Waals surface area contributed by atoms with Crippen LogP contribution in [0.5, 0.6) is 0 Å². The molecule has 0 aliphatic carbocycles. The van der Waals surface area contributed by atoms with Crippen molar-refractivity contribution >= 4 is 5.69 Å². The Balaban J connectivity index is 2.63. The number of anilines is 1. The molecule has 0 fully saturated rings.